The number of anilines is 1. The Balaban J connectivity index is 1.41. The van der Waals surface area contributed by atoms with E-state index in [0.717, 1.165) is 11.1 Å². The van der Waals surface area contributed by atoms with E-state index >= 15 is 0 Å². The van der Waals surface area contributed by atoms with Gasteiger partial charge in [-0.3, -0.25) is 4.90 Å². The number of carbonyl (C=O) groups excluding carboxylic acids is 1. The van der Waals surface area contributed by atoms with Crippen LogP contribution in [0.15, 0.2) is 97.1 Å². The number of rotatable bonds is 8. The third-order valence-electron chi connectivity index (χ3n) is 7.00. The quantitative estimate of drug-likeness (QED) is 0.218. The number of nitrogens with one attached hydrogen (secondary N) is 1. The minimum Gasteiger partial charge on any atom is -0.508 e. The third-order valence-corrected chi connectivity index (χ3v) is 7.00. The van der Waals surface area contributed by atoms with Crippen molar-refractivity contribution in [3.8, 4) is 22.6 Å². The molecule has 6 nitrogen and oxygen atoms in total. The zero-order valence-corrected chi connectivity index (χ0v) is 20.7. The molecule has 38 heavy (non-hydrogen) atoms. The Bertz CT molecular complexity index is 1410. The van der Waals surface area contributed by atoms with Gasteiger partial charge in [0, 0.05) is 11.3 Å². The second-order valence-electron chi connectivity index (χ2n) is 9.53. The molecular weight excluding hydrogens is 483 g/mol. The molecule has 1 heterocycles. The van der Waals surface area contributed by atoms with E-state index in [1.54, 1.807) is 41.3 Å². The first-order chi connectivity index (χ1) is 18.4. The number of phenols is 2. The van der Waals surface area contributed by atoms with Crippen LogP contribution >= 0.6 is 0 Å². The zero-order valence-electron chi connectivity index (χ0n) is 20.7. The van der Waals surface area contributed by atoms with E-state index in [-0.39, 0.29) is 29.4 Å². The van der Waals surface area contributed by atoms with Gasteiger partial charge >= 0.3 is 6.03 Å². The van der Waals surface area contributed by atoms with Crippen molar-refractivity contribution in [3.63, 3.8) is 0 Å². The largest absolute Gasteiger partial charge is 0.508 e. The van der Waals surface area contributed by atoms with Gasteiger partial charge < -0.3 is 20.6 Å². The number of aliphatic hydroxyl groups excluding tert-OH is 1. The number of carbonyl (C=O) groups is 1. The summed E-state index contributed by atoms with van der Waals surface area (Å²) in [5.41, 5.74) is 3.45. The summed E-state index contributed by atoms with van der Waals surface area (Å²) in [6.07, 6.45) is 0.862. The van der Waals surface area contributed by atoms with Crippen molar-refractivity contribution in [1.29, 1.82) is 0 Å². The number of aromatic hydroxyl groups is 2. The number of para-hydroxylation sites is 1. The second-order valence-corrected chi connectivity index (χ2v) is 9.53. The maximum absolute atomic E-state index is 13.2. The Morgan fingerprint density at radius 2 is 1.61 bits per heavy atom. The summed E-state index contributed by atoms with van der Waals surface area (Å²) in [6, 6.07) is 26.2. The number of nitrogens with zero attached hydrogens (tertiary/aromatic N) is 1. The molecule has 7 heteroatoms. The molecule has 0 aromatic heterocycles. The molecule has 0 spiro atoms. The summed E-state index contributed by atoms with van der Waals surface area (Å²) in [5, 5.41) is 34.6. The van der Waals surface area contributed by atoms with Crippen molar-refractivity contribution in [2.45, 2.75) is 37.5 Å². The summed E-state index contributed by atoms with van der Waals surface area (Å²) in [6.45, 7) is 0. The summed E-state index contributed by atoms with van der Waals surface area (Å²) in [4.78, 5) is 14.8. The normalized spacial score (nSPS) is 17.8. The molecule has 1 aliphatic rings. The Morgan fingerprint density at radius 1 is 0.868 bits per heavy atom. The molecule has 1 unspecified atom stereocenters. The molecule has 0 bridgehead atoms. The summed E-state index contributed by atoms with van der Waals surface area (Å²) in [5.74, 6) is -0.173. The maximum Gasteiger partial charge on any atom is 0.322 e. The van der Waals surface area contributed by atoms with E-state index in [9.17, 15) is 24.5 Å². The van der Waals surface area contributed by atoms with Crippen molar-refractivity contribution >= 4 is 11.7 Å². The molecule has 5 rings (SSSR count). The minimum absolute atomic E-state index is 0.0459. The summed E-state index contributed by atoms with van der Waals surface area (Å²) in [7, 11) is 0. The molecule has 0 aliphatic carbocycles. The average molecular weight is 513 g/mol. The molecule has 1 saturated heterocycles. The van der Waals surface area contributed by atoms with Gasteiger partial charge in [0.05, 0.1) is 18.2 Å². The van der Waals surface area contributed by atoms with Gasteiger partial charge in [-0.25, -0.2) is 9.18 Å². The van der Waals surface area contributed by atoms with Gasteiger partial charge in [0.25, 0.3) is 0 Å². The van der Waals surface area contributed by atoms with E-state index in [1.165, 1.54) is 12.1 Å². The highest BCUT2D eigenvalue weighted by Crippen LogP contribution is 2.41. The van der Waals surface area contributed by atoms with Crippen molar-refractivity contribution in [2.75, 3.05) is 4.90 Å². The number of urea groups is 1. The first-order valence-corrected chi connectivity index (χ1v) is 12.6. The fourth-order valence-electron chi connectivity index (χ4n) is 5.11. The van der Waals surface area contributed by atoms with Crippen molar-refractivity contribution < 1.29 is 24.5 Å². The van der Waals surface area contributed by atoms with Gasteiger partial charge in [-0.1, -0.05) is 54.6 Å². The molecule has 1 aliphatic heterocycles. The lowest BCUT2D eigenvalue weighted by molar-refractivity contribution is 0.162. The topological polar surface area (TPSA) is 93.0 Å². The Morgan fingerprint density at radius 3 is 2.32 bits per heavy atom. The number of aliphatic hydroxyl groups is 1. The molecular formula is C31H29FN2O4. The maximum atomic E-state index is 13.2. The van der Waals surface area contributed by atoms with Crippen LogP contribution in [0.3, 0.4) is 0 Å². The predicted octanol–water partition coefficient (Wildman–Crippen LogP) is 6.45. The third kappa shape index (κ3) is 5.33. The number of amides is 2. The number of hydrogen-bond donors (Lipinski definition) is 4. The van der Waals surface area contributed by atoms with Crippen molar-refractivity contribution in [1.82, 2.24) is 5.32 Å². The molecule has 3 atom stereocenters. The van der Waals surface area contributed by atoms with Crippen LogP contribution in [0, 0.1) is 5.82 Å². The zero-order chi connectivity index (χ0) is 26.6. The minimum atomic E-state index is -0.744. The standard InChI is InChI=1S/C31H29FN2O4/c32-23-15-12-20(13-16-23)28(36)11-5-10-27-30(34(31(38)33-27)24-7-2-1-3-8-24)26-17-14-22(19-29(26)37)21-6-4-9-25(35)18-21/h1-4,6-9,12-19,27-28,30,35-37H,5,10-11H2,(H,33,38)/t27-,28?,30-/m1/s1. The summed E-state index contributed by atoms with van der Waals surface area (Å²) >= 11 is 0. The van der Waals surface area contributed by atoms with Crippen molar-refractivity contribution in [2.24, 2.45) is 0 Å². The average Bonchev–Trinajstić information content (AvgIpc) is 3.24. The molecule has 4 aromatic carbocycles. The van der Waals surface area contributed by atoms with Gasteiger partial charge in [-0.15, -0.1) is 0 Å². The van der Waals surface area contributed by atoms with Crippen LogP contribution < -0.4 is 10.2 Å². The number of benzene rings is 4. The fourth-order valence-corrected chi connectivity index (χ4v) is 5.11. The van der Waals surface area contributed by atoms with E-state index in [0.29, 0.717) is 36.1 Å². The second kappa shape index (κ2) is 10.9. The van der Waals surface area contributed by atoms with Crippen LogP contribution in [0.5, 0.6) is 11.5 Å². The van der Waals surface area contributed by atoms with Gasteiger partial charge in [-0.2, -0.15) is 0 Å². The molecule has 2 amide bonds. The van der Waals surface area contributed by atoms with Crippen LogP contribution in [0.4, 0.5) is 14.9 Å². The number of halogens is 1. The predicted molar refractivity (Wildman–Crippen MR) is 144 cm³/mol. The Kier molecular flexibility index (Phi) is 7.29. The molecule has 194 valence electrons. The molecule has 4 N–H and O–H groups in total. The Hall–Kier alpha value is -4.36. The lowest BCUT2D eigenvalue weighted by atomic mass is 9.92. The molecule has 0 radical (unpaired) electrons. The monoisotopic (exact) mass is 512 g/mol. The van der Waals surface area contributed by atoms with Gasteiger partial charge in [0.1, 0.15) is 17.3 Å². The smallest absolute Gasteiger partial charge is 0.322 e. The Labute approximate surface area is 220 Å². The van der Waals surface area contributed by atoms with Crippen molar-refractivity contribution in [3.05, 3.63) is 114 Å². The van der Waals surface area contributed by atoms with E-state index in [4.69, 9.17) is 0 Å². The highest BCUT2D eigenvalue weighted by molar-refractivity contribution is 5.96. The highest BCUT2D eigenvalue weighted by Gasteiger charge is 2.42. The van der Waals surface area contributed by atoms with Crippen LogP contribution in [0.2, 0.25) is 0 Å². The van der Waals surface area contributed by atoms with Crippen LogP contribution in [-0.2, 0) is 0 Å². The molecule has 1 fully saturated rings. The van der Waals surface area contributed by atoms with E-state index in [1.807, 2.05) is 48.5 Å². The fraction of sp³-hybridized carbons (Fsp3) is 0.194. The van der Waals surface area contributed by atoms with Gasteiger partial charge in [0.15, 0.2) is 0 Å². The SMILES string of the molecule is O=C1N[C@H](CCCC(O)c2ccc(F)cc2)[C@@H](c2ccc(-c3cccc(O)c3)cc2O)N1c1ccccc1. The van der Waals surface area contributed by atoms with E-state index in [2.05, 4.69) is 5.32 Å². The number of phenolic OH excluding ortho intramolecular Hbond substituents is 2. The first kappa shape index (κ1) is 25.3. The summed E-state index contributed by atoms with van der Waals surface area (Å²) < 4.78 is 13.2. The van der Waals surface area contributed by atoms with Gasteiger partial charge in [-0.05, 0) is 78.4 Å². The number of hydrogen-bond acceptors (Lipinski definition) is 4. The molecule has 0 saturated carbocycles. The lowest BCUT2D eigenvalue weighted by Gasteiger charge is -2.28. The lowest BCUT2D eigenvalue weighted by Crippen LogP contribution is -2.29. The highest BCUT2D eigenvalue weighted by atomic mass is 19.1. The van der Waals surface area contributed by atoms with Gasteiger partial charge in [0.2, 0.25) is 0 Å². The molecule has 4 aromatic rings. The van der Waals surface area contributed by atoms with Crippen LogP contribution in [0.1, 0.15) is 42.5 Å². The van der Waals surface area contributed by atoms with Crippen LogP contribution in [0.25, 0.3) is 11.1 Å². The first-order valence-electron chi connectivity index (χ1n) is 12.6. The van der Waals surface area contributed by atoms with Crippen LogP contribution in [-0.4, -0.2) is 27.4 Å². The van der Waals surface area contributed by atoms with E-state index < -0.39 is 12.1 Å².